The molecule has 2 aliphatic rings. The lowest BCUT2D eigenvalue weighted by molar-refractivity contribution is 0.286. The Bertz CT molecular complexity index is 352. The number of alkyl halides is 1. The second kappa shape index (κ2) is 5.45. The van der Waals surface area contributed by atoms with Gasteiger partial charge >= 0.3 is 0 Å². The fourth-order valence-electron chi connectivity index (χ4n) is 3.21. The molecule has 1 saturated heterocycles. The minimum Gasteiger partial charge on any atom is -0.212 e. The zero-order valence-electron chi connectivity index (χ0n) is 10.4. The van der Waals surface area contributed by atoms with Gasteiger partial charge in [0.2, 0.25) is 10.0 Å². The summed E-state index contributed by atoms with van der Waals surface area (Å²) in [6.07, 6.45) is 6.98. The van der Waals surface area contributed by atoms with E-state index in [2.05, 4.69) is 0 Å². The molecule has 2 unspecified atom stereocenters. The summed E-state index contributed by atoms with van der Waals surface area (Å²) in [6.45, 7) is 2.41. The number of hydrogen-bond acceptors (Lipinski definition) is 2. The van der Waals surface area contributed by atoms with Crippen LogP contribution in [0.25, 0.3) is 0 Å². The molecule has 100 valence electrons. The summed E-state index contributed by atoms with van der Waals surface area (Å²) in [5.74, 6) is 0.783. The highest BCUT2D eigenvalue weighted by Gasteiger charge is 2.41. The van der Waals surface area contributed by atoms with E-state index in [1.54, 1.807) is 11.2 Å². The average molecular weight is 280 g/mol. The Balaban J connectivity index is 2.13. The Labute approximate surface area is 110 Å². The first-order valence-electron chi connectivity index (χ1n) is 6.64. The molecule has 17 heavy (non-hydrogen) atoms. The fourth-order valence-corrected chi connectivity index (χ4v) is 5.34. The SMILES string of the molecule is CC(CCl)S(=O)(=O)N1CCCC1C1CCCC1. The molecule has 3 nitrogen and oxygen atoms in total. The smallest absolute Gasteiger partial charge is 0.212 e. The fraction of sp³-hybridized carbons (Fsp3) is 1.00. The van der Waals surface area contributed by atoms with Gasteiger partial charge in [0.05, 0.1) is 5.25 Å². The molecule has 1 aliphatic carbocycles. The van der Waals surface area contributed by atoms with Crippen molar-refractivity contribution in [3.05, 3.63) is 0 Å². The molecule has 0 amide bonds. The average Bonchev–Trinajstić information content (AvgIpc) is 2.96. The first-order chi connectivity index (χ1) is 8.07. The van der Waals surface area contributed by atoms with E-state index >= 15 is 0 Å². The van der Waals surface area contributed by atoms with Gasteiger partial charge in [0.15, 0.2) is 0 Å². The lowest BCUT2D eigenvalue weighted by atomic mass is 9.97. The molecule has 2 fully saturated rings. The molecule has 1 heterocycles. The van der Waals surface area contributed by atoms with Crippen molar-refractivity contribution in [3.63, 3.8) is 0 Å². The number of sulfonamides is 1. The van der Waals surface area contributed by atoms with E-state index in [0.29, 0.717) is 12.5 Å². The van der Waals surface area contributed by atoms with Crippen LogP contribution in [-0.4, -0.2) is 36.4 Å². The summed E-state index contributed by atoms with van der Waals surface area (Å²) < 4.78 is 26.5. The van der Waals surface area contributed by atoms with Crippen molar-refractivity contribution >= 4 is 21.6 Å². The van der Waals surface area contributed by atoms with Crippen LogP contribution in [0.3, 0.4) is 0 Å². The van der Waals surface area contributed by atoms with E-state index in [-0.39, 0.29) is 11.9 Å². The van der Waals surface area contributed by atoms with Crippen molar-refractivity contribution < 1.29 is 8.42 Å². The number of hydrogen-bond donors (Lipinski definition) is 0. The van der Waals surface area contributed by atoms with E-state index in [0.717, 1.165) is 12.8 Å². The van der Waals surface area contributed by atoms with Gasteiger partial charge in [-0.3, -0.25) is 0 Å². The number of nitrogens with zero attached hydrogens (tertiary/aromatic N) is 1. The van der Waals surface area contributed by atoms with Crippen LogP contribution in [-0.2, 0) is 10.0 Å². The summed E-state index contributed by atoms with van der Waals surface area (Å²) in [4.78, 5) is 0. The molecule has 1 aliphatic heterocycles. The summed E-state index contributed by atoms with van der Waals surface area (Å²) in [6, 6.07) is 0.258. The summed E-state index contributed by atoms with van der Waals surface area (Å²) in [7, 11) is -3.17. The van der Waals surface area contributed by atoms with Gasteiger partial charge < -0.3 is 0 Å². The molecule has 0 bridgehead atoms. The van der Waals surface area contributed by atoms with Gasteiger partial charge in [0.25, 0.3) is 0 Å². The van der Waals surface area contributed by atoms with Crippen molar-refractivity contribution in [3.8, 4) is 0 Å². The van der Waals surface area contributed by atoms with E-state index in [4.69, 9.17) is 11.6 Å². The van der Waals surface area contributed by atoms with Gasteiger partial charge in [0.1, 0.15) is 0 Å². The monoisotopic (exact) mass is 279 g/mol. The first kappa shape index (κ1) is 13.6. The molecule has 0 aromatic heterocycles. The van der Waals surface area contributed by atoms with Crippen LogP contribution in [0.4, 0.5) is 0 Å². The number of halogens is 1. The van der Waals surface area contributed by atoms with E-state index in [9.17, 15) is 8.42 Å². The highest BCUT2D eigenvalue weighted by Crippen LogP contribution is 2.37. The molecular weight excluding hydrogens is 258 g/mol. The summed E-state index contributed by atoms with van der Waals surface area (Å²) in [5, 5.41) is -0.453. The normalized spacial score (nSPS) is 29.9. The van der Waals surface area contributed by atoms with Crippen LogP contribution in [0, 0.1) is 5.92 Å². The van der Waals surface area contributed by atoms with E-state index in [1.165, 1.54) is 25.7 Å². The Hall–Kier alpha value is 0.200. The van der Waals surface area contributed by atoms with Gasteiger partial charge in [-0.1, -0.05) is 12.8 Å². The molecule has 0 aromatic rings. The molecule has 5 heteroatoms. The lowest BCUT2D eigenvalue weighted by Gasteiger charge is -2.30. The second-order valence-electron chi connectivity index (χ2n) is 5.37. The largest absolute Gasteiger partial charge is 0.218 e. The summed E-state index contributed by atoms with van der Waals surface area (Å²) >= 11 is 5.72. The topological polar surface area (TPSA) is 37.4 Å². The highest BCUT2D eigenvalue weighted by atomic mass is 35.5. The Kier molecular flexibility index (Phi) is 4.37. The third-order valence-electron chi connectivity index (χ3n) is 4.24. The second-order valence-corrected chi connectivity index (χ2v) is 7.99. The van der Waals surface area contributed by atoms with Gasteiger partial charge in [-0.05, 0) is 38.5 Å². The molecule has 0 aromatic carbocycles. The molecular formula is C12H22ClNO2S. The van der Waals surface area contributed by atoms with E-state index in [1.807, 2.05) is 0 Å². The van der Waals surface area contributed by atoms with Gasteiger partial charge in [-0.2, -0.15) is 4.31 Å². The van der Waals surface area contributed by atoms with Crippen molar-refractivity contribution in [1.82, 2.24) is 4.31 Å². The molecule has 0 spiro atoms. The Morgan fingerprint density at radius 3 is 2.47 bits per heavy atom. The van der Waals surface area contributed by atoms with Crippen LogP contribution in [0.2, 0.25) is 0 Å². The van der Waals surface area contributed by atoms with Crippen molar-refractivity contribution in [2.24, 2.45) is 5.92 Å². The Morgan fingerprint density at radius 1 is 1.24 bits per heavy atom. The van der Waals surface area contributed by atoms with Gasteiger partial charge in [-0.15, -0.1) is 11.6 Å². The molecule has 1 saturated carbocycles. The maximum absolute atomic E-state index is 12.4. The number of rotatable bonds is 4. The van der Waals surface area contributed by atoms with Crippen LogP contribution < -0.4 is 0 Å². The van der Waals surface area contributed by atoms with Crippen molar-refractivity contribution in [1.29, 1.82) is 0 Å². The van der Waals surface area contributed by atoms with Gasteiger partial charge in [0, 0.05) is 18.5 Å². The van der Waals surface area contributed by atoms with E-state index < -0.39 is 15.3 Å². The van der Waals surface area contributed by atoms with Gasteiger partial charge in [-0.25, -0.2) is 8.42 Å². The standard InChI is InChI=1S/C12H22ClNO2S/c1-10(9-13)17(15,16)14-8-4-7-12(14)11-5-2-3-6-11/h10-12H,2-9H2,1H3. The third kappa shape index (κ3) is 2.64. The highest BCUT2D eigenvalue weighted by molar-refractivity contribution is 7.89. The van der Waals surface area contributed by atoms with Crippen LogP contribution in [0.5, 0.6) is 0 Å². The summed E-state index contributed by atoms with van der Waals surface area (Å²) in [5.41, 5.74) is 0. The molecule has 0 N–H and O–H groups in total. The molecule has 0 radical (unpaired) electrons. The minimum atomic E-state index is -3.17. The minimum absolute atomic E-state index is 0.191. The van der Waals surface area contributed by atoms with Crippen LogP contribution in [0.1, 0.15) is 45.4 Å². The zero-order valence-corrected chi connectivity index (χ0v) is 12.0. The maximum Gasteiger partial charge on any atom is 0.218 e. The van der Waals surface area contributed by atoms with Crippen molar-refractivity contribution in [2.75, 3.05) is 12.4 Å². The third-order valence-corrected chi connectivity index (χ3v) is 7.18. The zero-order chi connectivity index (χ0) is 12.5. The van der Waals surface area contributed by atoms with Crippen LogP contribution in [0.15, 0.2) is 0 Å². The first-order valence-corrected chi connectivity index (χ1v) is 8.67. The van der Waals surface area contributed by atoms with Crippen molar-refractivity contribution in [2.45, 2.75) is 56.7 Å². The maximum atomic E-state index is 12.4. The predicted octanol–water partition coefficient (Wildman–Crippen LogP) is 2.60. The van der Waals surface area contributed by atoms with Crippen LogP contribution >= 0.6 is 11.6 Å². The Morgan fingerprint density at radius 2 is 1.88 bits per heavy atom. The molecule has 2 atom stereocenters. The lowest BCUT2D eigenvalue weighted by Crippen LogP contribution is -2.44. The quantitative estimate of drug-likeness (QED) is 0.742. The predicted molar refractivity (Wildman–Crippen MR) is 70.8 cm³/mol. The molecule has 2 rings (SSSR count).